The SMILES string of the molecule is CCn1c(O)c(C)c(C)c(N=Nc2cccc(Nc3nc(Cl)nc(Nc4cccc(S(=O)(=O)O)c4)n3)c2)c1=O. The van der Waals surface area contributed by atoms with Crippen LogP contribution in [0.2, 0.25) is 5.28 Å². The molecule has 4 aromatic rings. The lowest BCUT2D eigenvalue weighted by Gasteiger charge is -2.12. The molecule has 15 heteroatoms. The molecule has 0 amide bonds. The second kappa shape index (κ2) is 11.1. The monoisotopic (exact) mass is 570 g/mol. The van der Waals surface area contributed by atoms with Crippen molar-refractivity contribution in [2.24, 2.45) is 10.2 Å². The third-order valence-electron chi connectivity index (χ3n) is 5.64. The number of hydrogen-bond acceptors (Lipinski definition) is 11. The van der Waals surface area contributed by atoms with Gasteiger partial charge in [0.1, 0.15) is 0 Å². The van der Waals surface area contributed by atoms with Crippen LogP contribution in [0.25, 0.3) is 0 Å². The van der Waals surface area contributed by atoms with E-state index in [9.17, 15) is 22.9 Å². The molecule has 2 aromatic carbocycles. The molecule has 0 radical (unpaired) electrons. The second-order valence-electron chi connectivity index (χ2n) is 8.23. The van der Waals surface area contributed by atoms with E-state index < -0.39 is 15.7 Å². The van der Waals surface area contributed by atoms with Crippen molar-refractivity contribution >= 4 is 56.4 Å². The first-order chi connectivity index (χ1) is 18.5. The van der Waals surface area contributed by atoms with Gasteiger partial charge in [-0.15, -0.1) is 5.11 Å². The molecule has 0 spiro atoms. The normalized spacial score (nSPS) is 11.6. The van der Waals surface area contributed by atoms with E-state index in [1.807, 2.05) is 0 Å². The summed E-state index contributed by atoms with van der Waals surface area (Å²) in [5, 5.41) is 24.2. The lowest BCUT2D eigenvalue weighted by molar-refractivity contribution is 0.406. The first-order valence-electron chi connectivity index (χ1n) is 11.4. The maximum atomic E-state index is 12.7. The van der Waals surface area contributed by atoms with Crippen LogP contribution >= 0.6 is 11.6 Å². The molecule has 2 aromatic heterocycles. The molecule has 0 atom stereocenters. The molecule has 202 valence electrons. The summed E-state index contributed by atoms with van der Waals surface area (Å²) in [6.07, 6.45) is 0. The van der Waals surface area contributed by atoms with Crippen molar-refractivity contribution in [3.05, 3.63) is 75.3 Å². The molecule has 0 unspecified atom stereocenters. The summed E-state index contributed by atoms with van der Waals surface area (Å²) < 4.78 is 33.3. The summed E-state index contributed by atoms with van der Waals surface area (Å²) >= 11 is 6.05. The highest BCUT2D eigenvalue weighted by atomic mass is 35.5. The Bertz CT molecular complexity index is 1760. The van der Waals surface area contributed by atoms with Crippen molar-refractivity contribution in [2.75, 3.05) is 10.6 Å². The molecule has 4 N–H and O–H groups in total. The number of nitrogens with zero attached hydrogens (tertiary/aromatic N) is 6. The third-order valence-corrected chi connectivity index (χ3v) is 6.66. The van der Waals surface area contributed by atoms with Crippen LogP contribution < -0.4 is 16.2 Å². The molecule has 0 aliphatic heterocycles. The van der Waals surface area contributed by atoms with Gasteiger partial charge in [-0.2, -0.15) is 28.5 Å². The van der Waals surface area contributed by atoms with Gasteiger partial charge >= 0.3 is 0 Å². The first kappa shape index (κ1) is 27.6. The zero-order chi connectivity index (χ0) is 28.3. The van der Waals surface area contributed by atoms with Crippen LogP contribution in [0.4, 0.5) is 34.6 Å². The summed E-state index contributed by atoms with van der Waals surface area (Å²) in [7, 11) is -4.39. The molecule has 13 nitrogen and oxygen atoms in total. The number of benzene rings is 2. The van der Waals surface area contributed by atoms with Gasteiger partial charge in [0.15, 0.2) is 11.6 Å². The minimum Gasteiger partial charge on any atom is -0.494 e. The molecule has 2 heterocycles. The van der Waals surface area contributed by atoms with Crippen molar-refractivity contribution in [3.63, 3.8) is 0 Å². The summed E-state index contributed by atoms with van der Waals surface area (Å²) in [5.74, 6) is 0.000667. The second-order valence-corrected chi connectivity index (χ2v) is 9.99. The molecule has 0 fully saturated rings. The van der Waals surface area contributed by atoms with Crippen LogP contribution in [-0.4, -0.2) is 37.6 Å². The smallest absolute Gasteiger partial charge is 0.294 e. The molecule has 0 saturated heterocycles. The predicted molar refractivity (Wildman–Crippen MR) is 146 cm³/mol. The summed E-state index contributed by atoms with van der Waals surface area (Å²) in [5.41, 5.74) is 2.00. The fourth-order valence-electron chi connectivity index (χ4n) is 3.55. The Hall–Kier alpha value is -4.40. The lowest BCUT2D eigenvalue weighted by atomic mass is 10.1. The summed E-state index contributed by atoms with van der Waals surface area (Å²) in [6, 6.07) is 12.2. The Morgan fingerprint density at radius 1 is 0.949 bits per heavy atom. The van der Waals surface area contributed by atoms with Crippen molar-refractivity contribution in [2.45, 2.75) is 32.2 Å². The average molecular weight is 571 g/mol. The number of hydrogen-bond donors (Lipinski definition) is 4. The van der Waals surface area contributed by atoms with Crippen molar-refractivity contribution in [1.82, 2.24) is 19.5 Å². The highest BCUT2D eigenvalue weighted by molar-refractivity contribution is 7.85. The van der Waals surface area contributed by atoms with E-state index in [1.54, 1.807) is 51.1 Å². The molecular weight excluding hydrogens is 548 g/mol. The van der Waals surface area contributed by atoms with Crippen molar-refractivity contribution in [3.8, 4) is 5.88 Å². The number of anilines is 4. The number of rotatable bonds is 8. The van der Waals surface area contributed by atoms with Gasteiger partial charge in [0, 0.05) is 23.5 Å². The fourth-order valence-corrected chi connectivity index (χ4v) is 4.24. The molecule has 0 aliphatic carbocycles. The maximum absolute atomic E-state index is 12.7. The molecular formula is C24H23ClN8O5S. The van der Waals surface area contributed by atoms with E-state index in [0.29, 0.717) is 28.2 Å². The molecule has 0 saturated carbocycles. The highest BCUT2D eigenvalue weighted by Gasteiger charge is 2.15. The Balaban J connectivity index is 1.58. The number of aromatic nitrogens is 4. The third kappa shape index (κ3) is 6.37. The van der Waals surface area contributed by atoms with Gasteiger partial charge < -0.3 is 15.7 Å². The molecule has 0 aliphatic rings. The van der Waals surface area contributed by atoms with Crippen LogP contribution in [0.1, 0.15) is 18.1 Å². The number of halogens is 1. The predicted octanol–water partition coefficient (Wildman–Crippen LogP) is 5.18. The van der Waals surface area contributed by atoms with E-state index in [4.69, 9.17) is 11.6 Å². The molecule has 0 bridgehead atoms. The van der Waals surface area contributed by atoms with E-state index in [2.05, 4.69) is 35.8 Å². The van der Waals surface area contributed by atoms with Crippen LogP contribution in [-0.2, 0) is 16.7 Å². The quantitative estimate of drug-likeness (QED) is 0.162. The van der Waals surface area contributed by atoms with Crippen LogP contribution in [0, 0.1) is 13.8 Å². The van der Waals surface area contributed by atoms with Crippen molar-refractivity contribution in [1.29, 1.82) is 0 Å². The minimum absolute atomic E-state index is 0.0196. The van der Waals surface area contributed by atoms with E-state index in [-0.39, 0.29) is 40.2 Å². The van der Waals surface area contributed by atoms with Gasteiger partial charge in [0.05, 0.1) is 10.6 Å². The van der Waals surface area contributed by atoms with E-state index >= 15 is 0 Å². The summed E-state index contributed by atoms with van der Waals surface area (Å²) in [6.45, 7) is 5.42. The maximum Gasteiger partial charge on any atom is 0.294 e. The molecule has 4 rings (SSSR count). The van der Waals surface area contributed by atoms with Gasteiger partial charge in [-0.3, -0.25) is 13.9 Å². The summed E-state index contributed by atoms with van der Waals surface area (Å²) in [4.78, 5) is 24.7. The van der Waals surface area contributed by atoms with Gasteiger partial charge in [0.2, 0.25) is 17.2 Å². The fraction of sp³-hybridized carbons (Fsp3) is 0.167. The Kier molecular flexibility index (Phi) is 7.90. The standard InChI is InChI=1S/C24H23ClN8O5S/c1-4-33-20(34)14(3)13(2)19(21(33)35)32-31-17-9-5-7-15(11-17)26-23-28-22(25)29-24(30-23)27-16-8-6-10-18(12-16)39(36,37)38/h5-12,34H,4H2,1-3H3,(H,36,37,38)(H2,26,27,28,29,30). The van der Waals surface area contributed by atoms with Crippen LogP contribution in [0.5, 0.6) is 5.88 Å². The topological polar surface area (TPSA) is 184 Å². The minimum atomic E-state index is -4.39. The van der Waals surface area contributed by atoms with Crippen LogP contribution in [0.3, 0.4) is 0 Å². The van der Waals surface area contributed by atoms with Crippen molar-refractivity contribution < 1.29 is 18.1 Å². The Labute approximate surface area is 228 Å². The number of azo groups is 1. The zero-order valence-corrected chi connectivity index (χ0v) is 22.5. The van der Waals surface area contributed by atoms with Gasteiger partial charge in [-0.05, 0) is 74.3 Å². The van der Waals surface area contributed by atoms with Gasteiger partial charge in [-0.1, -0.05) is 12.1 Å². The highest BCUT2D eigenvalue weighted by Crippen LogP contribution is 2.28. The van der Waals surface area contributed by atoms with Gasteiger partial charge in [-0.25, -0.2) is 0 Å². The lowest BCUT2D eigenvalue weighted by Crippen LogP contribution is -2.20. The number of pyridine rings is 1. The first-order valence-corrected chi connectivity index (χ1v) is 13.3. The number of nitrogens with one attached hydrogen (secondary N) is 2. The van der Waals surface area contributed by atoms with Gasteiger partial charge in [0.25, 0.3) is 15.7 Å². The average Bonchev–Trinajstić information content (AvgIpc) is 2.87. The number of aromatic hydroxyl groups is 1. The van der Waals surface area contributed by atoms with Crippen LogP contribution in [0.15, 0.2) is 68.4 Å². The Morgan fingerprint density at radius 3 is 2.18 bits per heavy atom. The Morgan fingerprint density at radius 2 is 1.56 bits per heavy atom. The van der Waals surface area contributed by atoms with E-state index in [1.165, 1.54) is 22.8 Å². The van der Waals surface area contributed by atoms with E-state index in [0.717, 1.165) is 0 Å². The zero-order valence-electron chi connectivity index (χ0n) is 20.9. The largest absolute Gasteiger partial charge is 0.494 e. The molecule has 39 heavy (non-hydrogen) atoms.